The number of benzene rings is 2. The first-order valence-corrected chi connectivity index (χ1v) is 9.82. The molecule has 0 aliphatic carbocycles. The molecule has 0 unspecified atom stereocenters. The maximum absolute atomic E-state index is 12.4. The largest absolute Gasteiger partial charge is 0.479 e. The van der Waals surface area contributed by atoms with Gasteiger partial charge in [0.1, 0.15) is 5.01 Å². The molecule has 1 aromatic heterocycles. The van der Waals surface area contributed by atoms with Crippen LogP contribution in [-0.2, 0) is 16.0 Å². The lowest BCUT2D eigenvalue weighted by atomic mass is 10.2. The van der Waals surface area contributed by atoms with E-state index >= 15 is 0 Å². The van der Waals surface area contributed by atoms with E-state index < -0.39 is 0 Å². The van der Waals surface area contributed by atoms with Gasteiger partial charge in [0, 0.05) is 24.4 Å². The molecule has 0 saturated carbocycles. The van der Waals surface area contributed by atoms with E-state index in [1.807, 2.05) is 35.7 Å². The van der Waals surface area contributed by atoms with E-state index in [1.165, 1.54) is 4.90 Å². The lowest BCUT2D eigenvalue weighted by molar-refractivity contribution is -0.121. The second-order valence-corrected chi connectivity index (χ2v) is 7.31. The van der Waals surface area contributed by atoms with Gasteiger partial charge in [0.25, 0.3) is 5.91 Å². The molecular weight excluding hydrogens is 374 g/mol. The van der Waals surface area contributed by atoms with Gasteiger partial charge in [-0.1, -0.05) is 36.4 Å². The van der Waals surface area contributed by atoms with Gasteiger partial charge in [-0.05, 0) is 18.6 Å². The van der Waals surface area contributed by atoms with Gasteiger partial charge in [0.15, 0.2) is 12.4 Å². The minimum Gasteiger partial charge on any atom is -0.479 e. The van der Waals surface area contributed by atoms with Gasteiger partial charge in [-0.25, -0.2) is 4.98 Å². The maximum atomic E-state index is 12.4. The van der Waals surface area contributed by atoms with Crippen molar-refractivity contribution < 1.29 is 14.3 Å². The first-order valence-electron chi connectivity index (χ1n) is 8.94. The maximum Gasteiger partial charge on any atom is 0.264 e. The van der Waals surface area contributed by atoms with Crippen LogP contribution < -0.4 is 15.0 Å². The van der Waals surface area contributed by atoms with Gasteiger partial charge in [0.05, 0.1) is 17.1 Å². The Kier molecular flexibility index (Phi) is 5.08. The number of aryl methyl sites for hydroxylation is 1. The Morgan fingerprint density at radius 1 is 1.21 bits per heavy atom. The van der Waals surface area contributed by atoms with Crippen LogP contribution in [0.4, 0.5) is 11.4 Å². The summed E-state index contributed by atoms with van der Waals surface area (Å²) in [4.78, 5) is 30.3. The number of nitrogens with one attached hydrogen (secondary N) is 1. The molecule has 3 aromatic rings. The first kappa shape index (κ1) is 18.2. The average molecular weight is 393 g/mol. The van der Waals surface area contributed by atoms with Crippen molar-refractivity contribution in [1.82, 2.24) is 4.98 Å². The number of likely N-dealkylation sites (N-methyl/N-ethyl adjacent to an activating group) is 1. The molecule has 28 heavy (non-hydrogen) atoms. The third-order valence-electron chi connectivity index (χ3n) is 4.52. The molecule has 1 aliphatic rings. The minimum atomic E-state index is -0.120. The highest BCUT2D eigenvalue weighted by atomic mass is 32.1. The van der Waals surface area contributed by atoms with Gasteiger partial charge < -0.3 is 15.0 Å². The Hall–Kier alpha value is -3.19. The molecule has 2 amide bonds. The van der Waals surface area contributed by atoms with Gasteiger partial charge in [-0.2, -0.15) is 0 Å². The molecule has 0 radical (unpaired) electrons. The highest BCUT2D eigenvalue weighted by Gasteiger charge is 2.24. The standard InChI is InChI=1S/C21H19N3O3S/c1-24-17-9-5-8-16(20(17)27-12-19(24)26)23-18(25)11-10-15-13-28-21(22-15)14-6-3-2-4-7-14/h2-9,13H,10-12H2,1H3,(H,23,25). The van der Waals surface area contributed by atoms with Crippen LogP contribution in [0, 0.1) is 0 Å². The molecule has 7 heteroatoms. The van der Waals surface area contributed by atoms with Crippen LogP contribution in [0.2, 0.25) is 0 Å². The number of thiazole rings is 1. The van der Waals surface area contributed by atoms with Crippen molar-refractivity contribution in [2.75, 3.05) is 23.9 Å². The van der Waals surface area contributed by atoms with E-state index in [0.29, 0.717) is 30.0 Å². The number of rotatable bonds is 5. The van der Waals surface area contributed by atoms with Crippen LogP contribution in [0.3, 0.4) is 0 Å². The number of carbonyl (C=O) groups excluding carboxylic acids is 2. The van der Waals surface area contributed by atoms with Crippen molar-refractivity contribution in [3.63, 3.8) is 0 Å². The zero-order valence-electron chi connectivity index (χ0n) is 15.3. The van der Waals surface area contributed by atoms with E-state index in [0.717, 1.165) is 16.3 Å². The van der Waals surface area contributed by atoms with Gasteiger partial charge in [-0.3, -0.25) is 9.59 Å². The van der Waals surface area contributed by atoms with E-state index in [9.17, 15) is 9.59 Å². The lowest BCUT2D eigenvalue weighted by Gasteiger charge is -2.27. The fraction of sp³-hybridized carbons (Fsp3) is 0.190. The number of amides is 2. The zero-order valence-corrected chi connectivity index (χ0v) is 16.2. The molecule has 0 atom stereocenters. The summed E-state index contributed by atoms with van der Waals surface area (Å²) in [6.07, 6.45) is 0.875. The molecule has 0 fully saturated rings. The molecule has 1 N–H and O–H groups in total. The summed E-state index contributed by atoms with van der Waals surface area (Å²) >= 11 is 1.58. The fourth-order valence-corrected chi connectivity index (χ4v) is 3.85. The molecule has 0 bridgehead atoms. The third kappa shape index (κ3) is 3.75. The quantitative estimate of drug-likeness (QED) is 0.717. The average Bonchev–Trinajstić information content (AvgIpc) is 3.19. The Bertz CT molecular complexity index is 1020. The summed E-state index contributed by atoms with van der Waals surface area (Å²) in [6, 6.07) is 15.3. The summed E-state index contributed by atoms with van der Waals surface area (Å²) in [6.45, 7) is -0.0303. The van der Waals surface area contributed by atoms with Crippen LogP contribution >= 0.6 is 11.3 Å². The molecule has 1 aliphatic heterocycles. The molecule has 4 rings (SSSR count). The Labute approximate surface area is 166 Å². The van der Waals surface area contributed by atoms with E-state index in [1.54, 1.807) is 36.6 Å². The molecule has 0 saturated heterocycles. The Morgan fingerprint density at radius 3 is 2.86 bits per heavy atom. The summed E-state index contributed by atoms with van der Waals surface area (Å²) in [7, 11) is 1.70. The number of ether oxygens (including phenoxy) is 1. The summed E-state index contributed by atoms with van der Waals surface area (Å²) in [5, 5.41) is 5.83. The molecule has 142 valence electrons. The molecular formula is C21H19N3O3S. The topological polar surface area (TPSA) is 71.5 Å². The van der Waals surface area contributed by atoms with Crippen LogP contribution in [0.1, 0.15) is 12.1 Å². The summed E-state index contributed by atoms with van der Waals surface area (Å²) < 4.78 is 5.54. The Morgan fingerprint density at radius 2 is 2.04 bits per heavy atom. The molecule has 0 spiro atoms. The fourth-order valence-electron chi connectivity index (χ4n) is 2.99. The number of hydrogen-bond acceptors (Lipinski definition) is 5. The normalized spacial score (nSPS) is 13.0. The number of fused-ring (bicyclic) bond motifs is 1. The summed E-state index contributed by atoms with van der Waals surface area (Å²) in [5.41, 5.74) is 3.21. The highest BCUT2D eigenvalue weighted by molar-refractivity contribution is 7.13. The summed E-state index contributed by atoms with van der Waals surface area (Å²) in [5.74, 6) is 0.289. The van der Waals surface area contributed by atoms with Gasteiger partial charge in [0.2, 0.25) is 5.91 Å². The molecule has 6 nitrogen and oxygen atoms in total. The minimum absolute atomic E-state index is 0.0303. The van der Waals surface area contributed by atoms with Gasteiger partial charge in [-0.15, -0.1) is 11.3 Å². The third-order valence-corrected chi connectivity index (χ3v) is 5.46. The second kappa shape index (κ2) is 7.82. The van der Waals surface area contributed by atoms with Crippen LogP contribution in [0.15, 0.2) is 53.9 Å². The van der Waals surface area contributed by atoms with Crippen LogP contribution in [0.25, 0.3) is 10.6 Å². The lowest BCUT2D eigenvalue weighted by Crippen LogP contribution is -2.35. The van der Waals surface area contributed by atoms with Crippen molar-refractivity contribution in [3.8, 4) is 16.3 Å². The second-order valence-electron chi connectivity index (χ2n) is 6.45. The number of anilines is 2. The molecule has 2 aromatic carbocycles. The monoisotopic (exact) mass is 393 g/mol. The van der Waals surface area contributed by atoms with Crippen LogP contribution in [-0.4, -0.2) is 30.5 Å². The number of nitrogens with zero attached hydrogens (tertiary/aromatic N) is 2. The highest BCUT2D eigenvalue weighted by Crippen LogP contribution is 2.38. The first-order chi connectivity index (χ1) is 13.6. The number of carbonyl (C=O) groups is 2. The van der Waals surface area contributed by atoms with E-state index in [4.69, 9.17) is 4.74 Å². The van der Waals surface area contributed by atoms with Crippen molar-refractivity contribution >= 4 is 34.5 Å². The van der Waals surface area contributed by atoms with E-state index in [-0.39, 0.29) is 18.4 Å². The van der Waals surface area contributed by atoms with Crippen molar-refractivity contribution in [2.24, 2.45) is 0 Å². The zero-order chi connectivity index (χ0) is 19.5. The van der Waals surface area contributed by atoms with Crippen LogP contribution in [0.5, 0.6) is 5.75 Å². The number of para-hydroxylation sites is 1. The van der Waals surface area contributed by atoms with Crippen molar-refractivity contribution in [3.05, 3.63) is 59.6 Å². The SMILES string of the molecule is CN1C(=O)COc2c(NC(=O)CCc3csc(-c4ccccc4)n3)cccc21. The number of aromatic nitrogens is 1. The smallest absolute Gasteiger partial charge is 0.264 e. The van der Waals surface area contributed by atoms with Crippen molar-refractivity contribution in [2.45, 2.75) is 12.8 Å². The number of hydrogen-bond donors (Lipinski definition) is 1. The predicted molar refractivity (Wildman–Crippen MR) is 110 cm³/mol. The van der Waals surface area contributed by atoms with Crippen molar-refractivity contribution in [1.29, 1.82) is 0 Å². The molecule has 2 heterocycles. The van der Waals surface area contributed by atoms with Gasteiger partial charge >= 0.3 is 0 Å². The predicted octanol–water partition coefficient (Wildman–Crippen LogP) is 3.74. The van der Waals surface area contributed by atoms with E-state index in [2.05, 4.69) is 10.3 Å². The Balaban J connectivity index is 1.40.